The number of Topliss-reactive ketones (excluding diaryl/α,β-unsaturated/α-hetero) is 1. The van der Waals surface area contributed by atoms with E-state index in [9.17, 15) is 22.8 Å². The van der Waals surface area contributed by atoms with Crippen LogP contribution in [0, 0.1) is 11.8 Å². The Morgan fingerprint density at radius 1 is 1.14 bits per heavy atom. The van der Waals surface area contributed by atoms with Gasteiger partial charge in [0.15, 0.2) is 11.9 Å². The smallest absolute Gasteiger partial charge is 0.460 e. The number of oxime groups is 1. The number of halogens is 3. The summed E-state index contributed by atoms with van der Waals surface area (Å²) in [7, 11) is 0. The maximum Gasteiger partial charge on any atom is 0.471 e. The Labute approximate surface area is 200 Å². The summed E-state index contributed by atoms with van der Waals surface area (Å²) in [5, 5.41) is 7.44. The second kappa shape index (κ2) is 10.2. The van der Waals surface area contributed by atoms with E-state index in [1.165, 1.54) is 12.1 Å². The summed E-state index contributed by atoms with van der Waals surface area (Å²) in [4.78, 5) is 33.8. The zero-order valence-electron chi connectivity index (χ0n) is 20.2. The van der Waals surface area contributed by atoms with Crippen LogP contribution in [0.15, 0.2) is 33.9 Å². The van der Waals surface area contributed by atoms with Crippen LogP contribution in [0.2, 0.25) is 0 Å². The number of nitrogens with zero attached hydrogens (tertiary/aromatic N) is 3. The number of aromatic nitrogens is 2. The molecule has 8 nitrogen and oxygen atoms in total. The second-order valence-electron chi connectivity index (χ2n) is 9.78. The summed E-state index contributed by atoms with van der Waals surface area (Å²) in [6.45, 7) is 9.34. The molecular weight excluding hydrogens is 467 g/mol. The number of hydrogen-bond donors (Lipinski definition) is 0. The van der Waals surface area contributed by atoms with Crippen LogP contribution in [0.1, 0.15) is 58.9 Å². The molecule has 0 radical (unpaired) electrons. The number of esters is 1. The van der Waals surface area contributed by atoms with Crippen LogP contribution in [0.4, 0.5) is 13.2 Å². The van der Waals surface area contributed by atoms with Gasteiger partial charge < -0.3 is 14.1 Å². The maximum absolute atomic E-state index is 12.8. The van der Waals surface area contributed by atoms with Crippen LogP contribution in [0.3, 0.4) is 0 Å². The Hall–Kier alpha value is -3.24. The number of benzene rings is 1. The molecule has 0 saturated heterocycles. The third kappa shape index (κ3) is 7.12. The van der Waals surface area contributed by atoms with E-state index < -0.39 is 23.8 Å². The summed E-state index contributed by atoms with van der Waals surface area (Å²) in [6.07, 6.45) is -5.01. The molecule has 0 bridgehead atoms. The van der Waals surface area contributed by atoms with E-state index in [4.69, 9.17) is 9.57 Å². The zero-order chi connectivity index (χ0) is 26.0. The molecule has 2 unspecified atom stereocenters. The van der Waals surface area contributed by atoms with Crippen molar-refractivity contribution in [2.45, 2.75) is 71.8 Å². The molecule has 1 aromatic heterocycles. The lowest BCUT2D eigenvalue weighted by Gasteiger charge is -2.23. The number of ether oxygens (including phenoxy) is 1. The van der Waals surface area contributed by atoms with E-state index in [1.54, 1.807) is 32.9 Å². The number of carbonyl (C=O) groups is 2. The van der Waals surface area contributed by atoms with Gasteiger partial charge in [-0.25, -0.2) is 0 Å². The summed E-state index contributed by atoms with van der Waals surface area (Å²) in [5.41, 5.74) is 1.03. The summed E-state index contributed by atoms with van der Waals surface area (Å²) < 4.78 is 47.6. The first-order valence-electron chi connectivity index (χ1n) is 11.2. The van der Waals surface area contributed by atoms with Gasteiger partial charge in [-0.15, -0.1) is 0 Å². The van der Waals surface area contributed by atoms with Gasteiger partial charge in [0.25, 0.3) is 0 Å². The van der Waals surface area contributed by atoms with E-state index in [-0.39, 0.29) is 48.7 Å². The Morgan fingerprint density at radius 3 is 2.34 bits per heavy atom. The molecular formula is C24H28F3N3O5. The molecule has 0 aliphatic carbocycles. The summed E-state index contributed by atoms with van der Waals surface area (Å²) in [6, 6.07) is 6.24. The van der Waals surface area contributed by atoms with Crippen molar-refractivity contribution >= 4 is 17.5 Å². The quantitative estimate of drug-likeness (QED) is 0.474. The highest BCUT2D eigenvalue weighted by atomic mass is 19.4. The van der Waals surface area contributed by atoms with Crippen molar-refractivity contribution in [3.63, 3.8) is 0 Å². The van der Waals surface area contributed by atoms with Gasteiger partial charge in [0.1, 0.15) is 5.60 Å². The van der Waals surface area contributed by atoms with Gasteiger partial charge in [0.05, 0.1) is 12.1 Å². The molecule has 0 fully saturated rings. The van der Waals surface area contributed by atoms with E-state index in [0.717, 1.165) is 0 Å². The normalized spacial score (nSPS) is 17.2. The van der Waals surface area contributed by atoms with Gasteiger partial charge in [-0.05, 0) is 32.3 Å². The van der Waals surface area contributed by atoms with Gasteiger partial charge in [-0.1, -0.05) is 48.4 Å². The first-order valence-corrected chi connectivity index (χ1v) is 11.2. The standard InChI is InChI=1S/C24H28F3N3O5/c1-13(2)16(11-20(32)33-23(3,4)5)17-12-19(34-29-17)18(31)10-14-6-8-15(9-7-14)21-28-22(35-30-21)24(25,26)27/h6-9,13,16,19H,10-12H2,1-5H3. The predicted molar refractivity (Wildman–Crippen MR) is 119 cm³/mol. The van der Waals surface area contributed by atoms with Crippen molar-refractivity contribution in [1.82, 2.24) is 10.1 Å². The van der Waals surface area contributed by atoms with Crippen molar-refractivity contribution in [3.05, 3.63) is 35.7 Å². The number of hydrogen-bond acceptors (Lipinski definition) is 8. The van der Waals surface area contributed by atoms with Crippen LogP contribution in [0.25, 0.3) is 11.4 Å². The number of ketones is 1. The van der Waals surface area contributed by atoms with E-state index in [2.05, 4.69) is 19.8 Å². The lowest BCUT2D eigenvalue weighted by molar-refractivity contribution is -0.159. The Morgan fingerprint density at radius 2 is 1.80 bits per heavy atom. The predicted octanol–water partition coefficient (Wildman–Crippen LogP) is 5.02. The van der Waals surface area contributed by atoms with Crippen LogP contribution < -0.4 is 0 Å². The Kier molecular flexibility index (Phi) is 7.66. The molecule has 1 aliphatic rings. The Bertz CT molecular complexity index is 1090. The molecule has 2 aromatic rings. The highest BCUT2D eigenvalue weighted by Gasteiger charge is 2.38. The van der Waals surface area contributed by atoms with E-state index in [0.29, 0.717) is 16.8 Å². The molecule has 2 heterocycles. The van der Waals surface area contributed by atoms with Gasteiger partial charge in [-0.3, -0.25) is 9.59 Å². The first kappa shape index (κ1) is 26.4. The highest BCUT2D eigenvalue weighted by molar-refractivity contribution is 5.97. The maximum atomic E-state index is 12.8. The minimum atomic E-state index is -4.72. The van der Waals surface area contributed by atoms with Crippen molar-refractivity contribution in [1.29, 1.82) is 0 Å². The number of alkyl halides is 3. The molecule has 0 saturated carbocycles. The SMILES string of the molecule is CC(C)C(CC(=O)OC(C)(C)C)C1=NOC(C(=O)Cc2ccc(-c3noc(C(F)(F)F)n3)cc2)C1. The monoisotopic (exact) mass is 495 g/mol. The molecule has 11 heteroatoms. The van der Waals surface area contributed by atoms with Crippen LogP contribution >= 0.6 is 0 Å². The minimum absolute atomic E-state index is 0.0478. The minimum Gasteiger partial charge on any atom is -0.460 e. The fraction of sp³-hybridized carbons (Fsp3) is 0.542. The summed E-state index contributed by atoms with van der Waals surface area (Å²) >= 11 is 0. The van der Waals surface area contributed by atoms with Crippen LogP contribution in [-0.2, 0) is 31.8 Å². The molecule has 1 aliphatic heterocycles. The second-order valence-corrected chi connectivity index (χ2v) is 9.78. The third-order valence-electron chi connectivity index (χ3n) is 5.35. The zero-order valence-corrected chi connectivity index (χ0v) is 20.2. The lowest BCUT2D eigenvalue weighted by Crippen LogP contribution is -2.30. The molecule has 3 rings (SSSR count). The van der Waals surface area contributed by atoms with E-state index >= 15 is 0 Å². The molecule has 2 atom stereocenters. The topological polar surface area (TPSA) is 104 Å². The van der Waals surface area contributed by atoms with Crippen molar-refractivity contribution in [2.24, 2.45) is 17.0 Å². The fourth-order valence-corrected chi connectivity index (χ4v) is 3.63. The Balaban J connectivity index is 1.58. The highest BCUT2D eigenvalue weighted by Crippen LogP contribution is 2.30. The first-order chi connectivity index (χ1) is 16.2. The summed E-state index contributed by atoms with van der Waals surface area (Å²) in [5.74, 6) is -2.27. The van der Waals surface area contributed by atoms with Crippen molar-refractivity contribution in [3.8, 4) is 11.4 Å². The van der Waals surface area contributed by atoms with Crippen LogP contribution in [-0.4, -0.2) is 39.3 Å². The van der Waals surface area contributed by atoms with E-state index in [1.807, 2.05) is 13.8 Å². The molecule has 190 valence electrons. The third-order valence-corrected chi connectivity index (χ3v) is 5.35. The molecule has 0 spiro atoms. The fourth-order valence-electron chi connectivity index (χ4n) is 3.63. The molecule has 0 amide bonds. The lowest BCUT2D eigenvalue weighted by atomic mass is 9.85. The van der Waals surface area contributed by atoms with Crippen LogP contribution in [0.5, 0.6) is 0 Å². The van der Waals surface area contributed by atoms with Gasteiger partial charge >= 0.3 is 18.0 Å². The molecule has 35 heavy (non-hydrogen) atoms. The largest absolute Gasteiger partial charge is 0.471 e. The van der Waals surface area contributed by atoms with Crippen molar-refractivity contribution < 1.29 is 36.9 Å². The van der Waals surface area contributed by atoms with Gasteiger partial charge in [0, 0.05) is 24.3 Å². The average Bonchev–Trinajstić information content (AvgIpc) is 3.41. The van der Waals surface area contributed by atoms with Crippen molar-refractivity contribution in [2.75, 3.05) is 0 Å². The van der Waals surface area contributed by atoms with Gasteiger partial charge in [0.2, 0.25) is 5.82 Å². The number of carbonyl (C=O) groups excluding carboxylic acids is 2. The molecule has 0 N–H and O–H groups in total. The molecule has 1 aromatic carbocycles. The number of rotatable bonds is 8. The van der Waals surface area contributed by atoms with Gasteiger partial charge in [-0.2, -0.15) is 18.2 Å². The average molecular weight is 495 g/mol.